The molecule has 0 aliphatic carbocycles. The molecule has 11 heteroatoms. The van der Waals surface area contributed by atoms with Crippen LogP contribution in [0.4, 0.5) is 0 Å². The molecule has 0 unspecified atom stereocenters. The molecule has 246 valence electrons. The van der Waals surface area contributed by atoms with Crippen LogP contribution in [0, 0.1) is 0 Å². The quantitative estimate of drug-likeness (QED) is 0.156. The molecule has 1 aliphatic rings. The number of ether oxygens (including phenoxy) is 2. The minimum absolute atomic E-state index is 0.177. The highest BCUT2D eigenvalue weighted by molar-refractivity contribution is 7.07. The van der Waals surface area contributed by atoms with Gasteiger partial charge in [-0.1, -0.05) is 82.5 Å². The van der Waals surface area contributed by atoms with Crippen molar-refractivity contribution in [1.82, 2.24) is 9.47 Å². The third-order valence-corrected chi connectivity index (χ3v) is 10.3. The van der Waals surface area contributed by atoms with E-state index in [0.29, 0.717) is 65.8 Å². The van der Waals surface area contributed by atoms with Crippen LogP contribution in [0.15, 0.2) is 93.9 Å². The number of fused-ring (bicyclic) bond motifs is 2. The summed E-state index contributed by atoms with van der Waals surface area (Å²) in [6.45, 7) is 6.94. The van der Waals surface area contributed by atoms with E-state index in [2.05, 4.69) is 0 Å². The largest absolute Gasteiger partial charge is 0.496 e. The van der Waals surface area contributed by atoms with Gasteiger partial charge < -0.3 is 14.4 Å². The van der Waals surface area contributed by atoms with Crippen molar-refractivity contribution in [3.63, 3.8) is 0 Å². The number of amides is 1. The van der Waals surface area contributed by atoms with Crippen LogP contribution in [-0.2, 0) is 11.4 Å². The Morgan fingerprint density at radius 2 is 1.73 bits per heavy atom. The van der Waals surface area contributed by atoms with Crippen molar-refractivity contribution in [3.05, 3.63) is 136 Å². The van der Waals surface area contributed by atoms with Crippen LogP contribution < -0.4 is 24.4 Å². The number of rotatable bonds is 9. The summed E-state index contributed by atoms with van der Waals surface area (Å²) in [7, 11) is 1.60. The molecule has 6 rings (SSSR count). The number of carbonyl (C=O) groups excluding carboxylic acids is 1. The summed E-state index contributed by atoms with van der Waals surface area (Å²) in [6, 6.07) is 21.5. The van der Waals surface area contributed by atoms with Crippen LogP contribution in [0.3, 0.4) is 0 Å². The Morgan fingerprint density at radius 3 is 2.46 bits per heavy atom. The van der Waals surface area contributed by atoms with Crippen LogP contribution in [-0.4, -0.2) is 35.6 Å². The summed E-state index contributed by atoms with van der Waals surface area (Å²) in [5.74, 6) is 0.918. The zero-order chi connectivity index (χ0) is 34.1. The molecule has 0 saturated carbocycles. The first-order chi connectivity index (χ1) is 23.1. The second-order valence-electron chi connectivity index (χ2n) is 11.2. The normalized spacial score (nSPS) is 14.6. The molecule has 1 aromatic heterocycles. The highest BCUT2D eigenvalue weighted by Crippen LogP contribution is 2.40. The van der Waals surface area contributed by atoms with Gasteiger partial charge in [-0.05, 0) is 79.6 Å². The minimum Gasteiger partial charge on any atom is -0.496 e. The Hall–Kier alpha value is -4.08. The van der Waals surface area contributed by atoms with Crippen LogP contribution in [0.25, 0.3) is 16.8 Å². The maximum Gasteiger partial charge on any atom is 0.271 e. The average Bonchev–Trinajstić information content (AvgIpc) is 3.38. The number of carbonyl (C=O) groups is 1. The fraction of sp³-hybridized carbons (Fsp3) is 0.216. The highest BCUT2D eigenvalue weighted by atomic mass is 35.5. The molecule has 48 heavy (non-hydrogen) atoms. The fourth-order valence-electron chi connectivity index (χ4n) is 5.98. The zero-order valence-electron chi connectivity index (χ0n) is 26.7. The first-order valence-electron chi connectivity index (χ1n) is 15.4. The average molecular weight is 721 g/mol. The molecule has 0 bridgehead atoms. The lowest BCUT2D eigenvalue weighted by atomic mass is 9.90. The Bertz CT molecular complexity index is 2270. The van der Waals surface area contributed by atoms with Crippen LogP contribution in [0.5, 0.6) is 11.5 Å². The molecule has 0 fully saturated rings. The van der Waals surface area contributed by atoms with Gasteiger partial charge in [-0.25, -0.2) is 4.99 Å². The van der Waals surface area contributed by atoms with Crippen molar-refractivity contribution in [2.24, 2.45) is 4.99 Å². The number of methoxy groups -OCH3 is 1. The standard InChI is InChI=1S/C37H32Cl3N3O4S/c1-5-42(6-2)36(45)32-21(3)41-37-43(34(32)33-26-10-8-7-9-23(26)12-15-30(33)46-4)35(44)31(48-37)19-24-18-25(38)13-16-29(24)47-20-22-11-14-27(39)28(40)17-22/h7-19,34H,5-6,20H2,1-4H3/b31-19+/t34-/m0/s1. The number of aromatic nitrogens is 1. The number of likely N-dealkylation sites (N-methyl/N-ethyl adjacent to an activating group) is 1. The summed E-state index contributed by atoms with van der Waals surface area (Å²) >= 11 is 20.0. The third-order valence-electron chi connectivity index (χ3n) is 8.36. The Morgan fingerprint density at radius 1 is 0.979 bits per heavy atom. The molecular formula is C37H32Cl3N3O4S. The number of nitrogens with zero attached hydrogens (tertiary/aromatic N) is 3. The van der Waals surface area contributed by atoms with Crippen molar-refractivity contribution < 1.29 is 14.3 Å². The fourth-order valence-corrected chi connectivity index (χ4v) is 7.52. The minimum atomic E-state index is -0.790. The lowest BCUT2D eigenvalue weighted by Crippen LogP contribution is -2.43. The molecule has 1 amide bonds. The molecule has 0 saturated heterocycles. The Kier molecular flexibility index (Phi) is 9.99. The monoisotopic (exact) mass is 719 g/mol. The summed E-state index contributed by atoms with van der Waals surface area (Å²) in [5.41, 5.74) is 2.85. The number of thiazole rings is 1. The summed E-state index contributed by atoms with van der Waals surface area (Å²) in [4.78, 5) is 35.8. The number of hydrogen-bond donors (Lipinski definition) is 0. The van der Waals surface area contributed by atoms with Crippen molar-refractivity contribution in [2.75, 3.05) is 20.2 Å². The van der Waals surface area contributed by atoms with E-state index < -0.39 is 6.04 Å². The second kappa shape index (κ2) is 14.2. The van der Waals surface area contributed by atoms with Gasteiger partial charge in [0.05, 0.1) is 33.0 Å². The lowest BCUT2D eigenvalue weighted by molar-refractivity contribution is -0.127. The molecule has 1 atom stereocenters. The molecule has 1 aliphatic heterocycles. The maximum absolute atomic E-state index is 14.6. The molecule has 5 aromatic rings. The molecular weight excluding hydrogens is 689 g/mol. The molecule has 7 nitrogen and oxygen atoms in total. The van der Waals surface area contributed by atoms with Gasteiger partial charge in [0.2, 0.25) is 0 Å². The van der Waals surface area contributed by atoms with E-state index in [0.717, 1.165) is 21.9 Å². The van der Waals surface area contributed by atoms with Gasteiger partial charge in [0.25, 0.3) is 11.5 Å². The maximum atomic E-state index is 14.6. The van der Waals surface area contributed by atoms with E-state index in [4.69, 9.17) is 49.3 Å². The van der Waals surface area contributed by atoms with Gasteiger partial charge in [-0.3, -0.25) is 14.2 Å². The van der Waals surface area contributed by atoms with E-state index in [9.17, 15) is 9.59 Å². The number of allylic oxidation sites excluding steroid dienone is 1. The molecule has 4 aromatic carbocycles. The van der Waals surface area contributed by atoms with Crippen molar-refractivity contribution in [1.29, 1.82) is 0 Å². The Balaban J connectivity index is 1.54. The number of benzene rings is 4. The topological polar surface area (TPSA) is 73.1 Å². The zero-order valence-corrected chi connectivity index (χ0v) is 29.8. The molecule has 0 radical (unpaired) electrons. The lowest BCUT2D eigenvalue weighted by Gasteiger charge is -2.30. The van der Waals surface area contributed by atoms with Crippen molar-refractivity contribution >= 4 is 68.9 Å². The number of halogens is 3. The van der Waals surface area contributed by atoms with E-state index in [1.807, 2.05) is 63.2 Å². The van der Waals surface area contributed by atoms with Gasteiger partial charge in [-0.2, -0.15) is 0 Å². The second-order valence-corrected chi connectivity index (χ2v) is 13.4. The van der Waals surface area contributed by atoms with Gasteiger partial charge in [-0.15, -0.1) is 0 Å². The van der Waals surface area contributed by atoms with E-state index in [1.165, 1.54) is 11.3 Å². The van der Waals surface area contributed by atoms with E-state index >= 15 is 0 Å². The number of hydrogen-bond acceptors (Lipinski definition) is 6. The van der Waals surface area contributed by atoms with Gasteiger partial charge in [0.15, 0.2) is 4.80 Å². The predicted octanol–water partition coefficient (Wildman–Crippen LogP) is 7.80. The van der Waals surface area contributed by atoms with Crippen LogP contribution in [0.2, 0.25) is 15.1 Å². The summed E-state index contributed by atoms with van der Waals surface area (Å²) < 4.78 is 14.1. The Labute approximate surface area is 296 Å². The van der Waals surface area contributed by atoms with Crippen LogP contribution >= 0.6 is 46.1 Å². The molecule has 0 N–H and O–H groups in total. The van der Waals surface area contributed by atoms with Gasteiger partial charge >= 0.3 is 0 Å². The SMILES string of the molecule is CCN(CC)C(=O)C1=C(C)N=c2s/c(=C/c3cc(Cl)ccc3OCc3ccc(Cl)c(Cl)c3)c(=O)n2[C@@H]1c1c(OC)ccc2ccccc12. The summed E-state index contributed by atoms with van der Waals surface area (Å²) in [6.07, 6.45) is 1.75. The molecule has 0 spiro atoms. The highest BCUT2D eigenvalue weighted by Gasteiger charge is 2.36. The predicted molar refractivity (Wildman–Crippen MR) is 194 cm³/mol. The van der Waals surface area contributed by atoms with Crippen molar-refractivity contribution in [2.45, 2.75) is 33.4 Å². The summed E-state index contributed by atoms with van der Waals surface area (Å²) in [5, 5.41) is 3.21. The van der Waals surface area contributed by atoms with Crippen molar-refractivity contribution in [3.8, 4) is 11.5 Å². The van der Waals surface area contributed by atoms with Crippen LogP contribution in [0.1, 0.15) is 43.5 Å². The van der Waals surface area contributed by atoms with E-state index in [1.54, 1.807) is 53.0 Å². The smallest absolute Gasteiger partial charge is 0.271 e. The third kappa shape index (κ3) is 6.38. The van der Waals surface area contributed by atoms with E-state index in [-0.39, 0.29) is 18.1 Å². The van der Waals surface area contributed by atoms with Gasteiger partial charge in [0, 0.05) is 29.2 Å². The first-order valence-corrected chi connectivity index (χ1v) is 17.3. The first kappa shape index (κ1) is 33.8. The molecule has 2 heterocycles. The van der Waals surface area contributed by atoms with Gasteiger partial charge in [0.1, 0.15) is 24.1 Å².